The molecule has 0 saturated carbocycles. The number of nitrogens with one attached hydrogen (secondary N) is 2. The Kier molecular flexibility index (Phi) is 6.47. The maximum absolute atomic E-state index is 12.0. The number of carbonyl (C=O) groups excluding carboxylic acids is 1. The molecule has 1 amide bonds. The van der Waals surface area contributed by atoms with E-state index in [1.165, 1.54) is 0 Å². The fourth-order valence-electron chi connectivity index (χ4n) is 2.34. The van der Waals surface area contributed by atoms with Crippen LogP contribution in [0.3, 0.4) is 0 Å². The molecule has 0 aliphatic carbocycles. The van der Waals surface area contributed by atoms with E-state index in [1.807, 2.05) is 13.8 Å². The van der Waals surface area contributed by atoms with Crippen molar-refractivity contribution in [3.05, 3.63) is 15.9 Å². The van der Waals surface area contributed by atoms with E-state index in [9.17, 15) is 14.7 Å². The van der Waals surface area contributed by atoms with Crippen LogP contribution in [0.1, 0.15) is 32.3 Å². The lowest BCUT2D eigenvalue weighted by molar-refractivity contribution is -0.119. The Bertz CT molecular complexity index is 597. The highest BCUT2D eigenvalue weighted by molar-refractivity contribution is 7.99. The lowest BCUT2D eigenvalue weighted by Gasteiger charge is -2.10. The van der Waals surface area contributed by atoms with Crippen LogP contribution in [0.5, 0.6) is 5.88 Å². The molecule has 3 N–H and O–H groups in total. The average molecular weight is 341 g/mol. The van der Waals surface area contributed by atoms with Crippen molar-refractivity contribution >= 4 is 17.7 Å². The van der Waals surface area contributed by atoms with Crippen LogP contribution in [0.2, 0.25) is 0 Å². The molecule has 1 aliphatic heterocycles. The second kappa shape index (κ2) is 8.35. The standard InChI is InChI=1S/C15H23N3O4S/c1-9(2)6-11-13(20)17-15(18-14(11)21)23-8-12(19)16-7-10-4-3-5-22-10/h9-10H,3-8H2,1-2H3,(H,16,19)(H2,17,18,20,21). The lowest BCUT2D eigenvalue weighted by Crippen LogP contribution is -2.33. The van der Waals surface area contributed by atoms with Crippen molar-refractivity contribution in [2.75, 3.05) is 18.9 Å². The van der Waals surface area contributed by atoms with Gasteiger partial charge in [-0.05, 0) is 25.2 Å². The van der Waals surface area contributed by atoms with E-state index >= 15 is 0 Å². The van der Waals surface area contributed by atoms with Crippen molar-refractivity contribution in [3.63, 3.8) is 0 Å². The quantitative estimate of drug-likeness (QED) is 0.506. The topological polar surface area (TPSA) is 104 Å². The molecule has 1 aliphatic rings. The summed E-state index contributed by atoms with van der Waals surface area (Å²) in [4.78, 5) is 30.3. The van der Waals surface area contributed by atoms with Crippen LogP contribution in [0.15, 0.2) is 9.95 Å². The predicted molar refractivity (Wildman–Crippen MR) is 87.8 cm³/mol. The highest BCUT2D eigenvalue weighted by atomic mass is 32.2. The minimum absolute atomic E-state index is 0.0984. The monoisotopic (exact) mass is 341 g/mol. The molecule has 1 atom stereocenters. The summed E-state index contributed by atoms with van der Waals surface area (Å²) in [7, 11) is 0. The summed E-state index contributed by atoms with van der Waals surface area (Å²) in [5.41, 5.74) is -0.0688. The Labute approximate surface area is 139 Å². The van der Waals surface area contributed by atoms with Crippen LogP contribution in [0, 0.1) is 5.92 Å². The van der Waals surface area contributed by atoms with Gasteiger partial charge in [0.1, 0.15) is 0 Å². The maximum atomic E-state index is 12.0. The minimum Gasteiger partial charge on any atom is -0.493 e. The number of hydrogen-bond donors (Lipinski definition) is 3. The summed E-state index contributed by atoms with van der Waals surface area (Å²) >= 11 is 1.09. The third-order valence-corrected chi connectivity index (χ3v) is 4.35. The van der Waals surface area contributed by atoms with Gasteiger partial charge in [0.15, 0.2) is 5.16 Å². The fourth-order valence-corrected chi connectivity index (χ4v) is 3.03. The normalized spacial score (nSPS) is 17.6. The number of thioether (sulfide) groups is 1. The third kappa shape index (κ3) is 5.54. The molecule has 2 rings (SSSR count). The van der Waals surface area contributed by atoms with E-state index in [2.05, 4.69) is 15.3 Å². The predicted octanol–water partition coefficient (Wildman–Crippen LogP) is 1.06. The number of aromatic hydroxyl groups is 1. The van der Waals surface area contributed by atoms with E-state index in [0.29, 0.717) is 13.0 Å². The maximum Gasteiger partial charge on any atom is 0.258 e. The molecule has 128 valence electrons. The van der Waals surface area contributed by atoms with Gasteiger partial charge in [-0.3, -0.25) is 9.59 Å². The second-order valence-electron chi connectivity index (χ2n) is 6.00. The zero-order chi connectivity index (χ0) is 16.8. The molecule has 1 aromatic heterocycles. The first-order valence-electron chi connectivity index (χ1n) is 7.79. The first-order valence-corrected chi connectivity index (χ1v) is 8.77. The van der Waals surface area contributed by atoms with E-state index in [4.69, 9.17) is 4.74 Å². The van der Waals surface area contributed by atoms with E-state index in [1.54, 1.807) is 0 Å². The van der Waals surface area contributed by atoms with Crippen LogP contribution < -0.4 is 10.9 Å². The highest BCUT2D eigenvalue weighted by Gasteiger charge is 2.17. The van der Waals surface area contributed by atoms with Crippen LogP contribution in [0.4, 0.5) is 0 Å². The van der Waals surface area contributed by atoms with Gasteiger partial charge in [-0.1, -0.05) is 25.6 Å². The Morgan fingerprint density at radius 1 is 1.57 bits per heavy atom. The van der Waals surface area contributed by atoms with Gasteiger partial charge in [-0.2, -0.15) is 4.98 Å². The van der Waals surface area contributed by atoms with Gasteiger partial charge in [-0.25, -0.2) is 0 Å². The van der Waals surface area contributed by atoms with Crippen molar-refractivity contribution in [3.8, 4) is 5.88 Å². The number of rotatable bonds is 7. The molecule has 0 spiro atoms. The van der Waals surface area contributed by atoms with Crippen LogP contribution in [-0.4, -0.2) is 46.0 Å². The summed E-state index contributed by atoms with van der Waals surface area (Å²) in [6, 6.07) is 0. The van der Waals surface area contributed by atoms with Gasteiger partial charge in [-0.15, -0.1) is 0 Å². The number of nitrogens with zero attached hydrogens (tertiary/aromatic N) is 1. The number of aromatic nitrogens is 2. The number of aromatic amines is 1. The Morgan fingerprint density at radius 3 is 2.96 bits per heavy atom. The zero-order valence-electron chi connectivity index (χ0n) is 13.4. The number of H-pyrrole nitrogens is 1. The van der Waals surface area contributed by atoms with Crippen LogP contribution in [-0.2, 0) is 16.0 Å². The van der Waals surface area contributed by atoms with Crippen molar-refractivity contribution in [2.45, 2.75) is 44.4 Å². The minimum atomic E-state index is -0.353. The van der Waals surface area contributed by atoms with Gasteiger partial charge >= 0.3 is 0 Å². The third-order valence-electron chi connectivity index (χ3n) is 3.48. The van der Waals surface area contributed by atoms with Crippen molar-refractivity contribution in [2.24, 2.45) is 5.92 Å². The van der Waals surface area contributed by atoms with Gasteiger partial charge in [0.05, 0.1) is 17.4 Å². The molecular weight excluding hydrogens is 318 g/mol. The molecule has 8 heteroatoms. The first kappa shape index (κ1) is 17.8. The van der Waals surface area contributed by atoms with Crippen LogP contribution >= 0.6 is 11.8 Å². The van der Waals surface area contributed by atoms with E-state index in [0.717, 1.165) is 31.2 Å². The van der Waals surface area contributed by atoms with Crippen molar-refractivity contribution < 1.29 is 14.6 Å². The molecule has 1 saturated heterocycles. The summed E-state index contributed by atoms with van der Waals surface area (Å²) < 4.78 is 5.43. The number of amides is 1. The van der Waals surface area contributed by atoms with Gasteiger partial charge in [0.2, 0.25) is 11.8 Å². The molecule has 0 bridgehead atoms. The van der Waals surface area contributed by atoms with Gasteiger partial charge in [0.25, 0.3) is 5.56 Å². The molecule has 0 aromatic carbocycles. The SMILES string of the molecule is CC(C)Cc1c(O)nc(SCC(=O)NCC2CCCO2)[nH]c1=O. The molecular formula is C15H23N3O4S. The van der Waals surface area contributed by atoms with E-state index in [-0.39, 0.29) is 45.8 Å². The molecule has 2 heterocycles. The Balaban J connectivity index is 1.85. The number of hydrogen-bond acceptors (Lipinski definition) is 6. The summed E-state index contributed by atoms with van der Waals surface area (Å²) in [6.45, 7) is 5.17. The molecule has 23 heavy (non-hydrogen) atoms. The molecule has 1 aromatic rings. The Hall–Kier alpha value is -1.54. The summed E-state index contributed by atoms with van der Waals surface area (Å²) in [5, 5.41) is 12.9. The second-order valence-corrected chi connectivity index (χ2v) is 6.96. The largest absolute Gasteiger partial charge is 0.493 e. The number of ether oxygens (including phenoxy) is 1. The van der Waals surface area contributed by atoms with Gasteiger partial charge in [0, 0.05) is 13.2 Å². The first-order chi connectivity index (χ1) is 11.0. The summed E-state index contributed by atoms with van der Waals surface area (Å²) in [5.74, 6) is -0.0481. The molecule has 1 fully saturated rings. The van der Waals surface area contributed by atoms with Crippen molar-refractivity contribution in [1.29, 1.82) is 0 Å². The molecule has 1 unspecified atom stereocenters. The average Bonchev–Trinajstić information content (AvgIpc) is 3.00. The molecule has 7 nitrogen and oxygen atoms in total. The summed E-state index contributed by atoms with van der Waals surface area (Å²) in [6.07, 6.45) is 2.55. The smallest absolute Gasteiger partial charge is 0.258 e. The van der Waals surface area contributed by atoms with Gasteiger partial charge < -0.3 is 20.1 Å². The lowest BCUT2D eigenvalue weighted by atomic mass is 10.1. The molecule has 0 radical (unpaired) electrons. The Morgan fingerprint density at radius 2 is 2.35 bits per heavy atom. The zero-order valence-corrected chi connectivity index (χ0v) is 14.2. The van der Waals surface area contributed by atoms with Crippen molar-refractivity contribution in [1.82, 2.24) is 15.3 Å². The fraction of sp³-hybridized carbons (Fsp3) is 0.667. The highest BCUT2D eigenvalue weighted by Crippen LogP contribution is 2.18. The van der Waals surface area contributed by atoms with Crippen LogP contribution in [0.25, 0.3) is 0 Å². The number of carbonyl (C=O) groups is 1. The van der Waals surface area contributed by atoms with E-state index < -0.39 is 0 Å².